The van der Waals surface area contributed by atoms with Crippen LogP contribution >= 0.6 is 0 Å². The first-order valence-corrected chi connectivity index (χ1v) is 11.1. The standard InChI is InChI=1S/C25H22N8O/c1-3-18-14-24(33-23(27-18)10-11-26-33)32(2)15-16-8-9-21-17(12-16)13-22(34-21)19-6-4-5-7-20(19)25-28-30-31-29-25/h4-14H,3,15H2,1-2H3,(H,28,29,30,31). The van der Waals surface area contributed by atoms with Crippen LogP contribution in [-0.4, -0.2) is 42.3 Å². The van der Waals surface area contributed by atoms with Gasteiger partial charge in [-0.2, -0.15) is 14.8 Å². The summed E-state index contributed by atoms with van der Waals surface area (Å²) in [6.07, 6.45) is 2.65. The highest BCUT2D eigenvalue weighted by molar-refractivity contribution is 5.87. The van der Waals surface area contributed by atoms with Crippen molar-refractivity contribution in [2.45, 2.75) is 19.9 Å². The highest BCUT2D eigenvalue weighted by atomic mass is 16.3. The van der Waals surface area contributed by atoms with E-state index in [0.717, 1.165) is 58.0 Å². The number of fused-ring (bicyclic) bond motifs is 2. The minimum atomic E-state index is 0.534. The average Bonchev–Trinajstić information content (AvgIpc) is 3.63. The molecule has 0 bridgehead atoms. The summed E-state index contributed by atoms with van der Waals surface area (Å²) in [5, 5.41) is 19.9. The molecule has 34 heavy (non-hydrogen) atoms. The number of H-pyrrole nitrogens is 1. The minimum absolute atomic E-state index is 0.534. The third kappa shape index (κ3) is 3.47. The maximum absolute atomic E-state index is 6.19. The van der Waals surface area contributed by atoms with Crippen molar-refractivity contribution in [2.24, 2.45) is 0 Å². The van der Waals surface area contributed by atoms with Crippen LogP contribution < -0.4 is 4.90 Å². The van der Waals surface area contributed by atoms with E-state index in [1.165, 1.54) is 5.56 Å². The molecule has 0 saturated carbocycles. The number of aromatic amines is 1. The van der Waals surface area contributed by atoms with E-state index in [0.29, 0.717) is 5.82 Å². The van der Waals surface area contributed by atoms with Gasteiger partial charge < -0.3 is 9.32 Å². The van der Waals surface area contributed by atoms with Gasteiger partial charge in [0, 0.05) is 47.9 Å². The zero-order valence-electron chi connectivity index (χ0n) is 18.8. The first-order chi connectivity index (χ1) is 16.7. The van der Waals surface area contributed by atoms with Gasteiger partial charge in [0.15, 0.2) is 5.65 Å². The van der Waals surface area contributed by atoms with E-state index in [2.05, 4.69) is 73.8 Å². The van der Waals surface area contributed by atoms with Crippen LogP contribution in [0, 0.1) is 0 Å². The quantitative estimate of drug-likeness (QED) is 0.398. The molecule has 168 valence electrons. The molecule has 9 heteroatoms. The van der Waals surface area contributed by atoms with Crippen LogP contribution in [-0.2, 0) is 13.0 Å². The molecule has 4 heterocycles. The second-order valence-electron chi connectivity index (χ2n) is 8.18. The van der Waals surface area contributed by atoms with Crippen molar-refractivity contribution in [1.29, 1.82) is 0 Å². The highest BCUT2D eigenvalue weighted by Crippen LogP contribution is 2.34. The first-order valence-electron chi connectivity index (χ1n) is 11.1. The Morgan fingerprint density at radius 3 is 2.74 bits per heavy atom. The van der Waals surface area contributed by atoms with E-state index in [-0.39, 0.29) is 0 Å². The van der Waals surface area contributed by atoms with Crippen LogP contribution in [0.15, 0.2) is 71.3 Å². The number of anilines is 1. The third-order valence-electron chi connectivity index (χ3n) is 5.93. The van der Waals surface area contributed by atoms with Crippen molar-refractivity contribution in [2.75, 3.05) is 11.9 Å². The van der Waals surface area contributed by atoms with Gasteiger partial charge in [-0.25, -0.2) is 4.98 Å². The Hall–Kier alpha value is -4.53. The normalized spacial score (nSPS) is 11.5. The highest BCUT2D eigenvalue weighted by Gasteiger charge is 2.15. The van der Waals surface area contributed by atoms with Gasteiger partial charge in [0.1, 0.15) is 17.2 Å². The lowest BCUT2D eigenvalue weighted by atomic mass is 10.0. The molecule has 0 amide bonds. The second-order valence-corrected chi connectivity index (χ2v) is 8.18. The van der Waals surface area contributed by atoms with Crippen molar-refractivity contribution in [3.05, 3.63) is 78.1 Å². The molecule has 0 aliphatic rings. The number of tetrazole rings is 1. The molecule has 0 aliphatic carbocycles. The van der Waals surface area contributed by atoms with Gasteiger partial charge in [0.2, 0.25) is 5.82 Å². The molecule has 6 aromatic rings. The Labute approximate surface area is 195 Å². The van der Waals surface area contributed by atoms with Crippen LogP contribution in [0.4, 0.5) is 5.82 Å². The van der Waals surface area contributed by atoms with Gasteiger partial charge in [-0.15, -0.1) is 10.2 Å². The Morgan fingerprint density at radius 2 is 1.91 bits per heavy atom. The van der Waals surface area contributed by atoms with Crippen molar-refractivity contribution in [3.63, 3.8) is 0 Å². The molecule has 2 aromatic carbocycles. The Morgan fingerprint density at radius 1 is 1.03 bits per heavy atom. The van der Waals surface area contributed by atoms with Crippen molar-refractivity contribution in [1.82, 2.24) is 35.2 Å². The number of hydrogen-bond donors (Lipinski definition) is 1. The molecule has 9 nitrogen and oxygen atoms in total. The lowest BCUT2D eigenvalue weighted by Crippen LogP contribution is -2.20. The van der Waals surface area contributed by atoms with Gasteiger partial charge in [-0.3, -0.25) is 0 Å². The van der Waals surface area contributed by atoms with Crippen molar-refractivity contribution in [3.8, 4) is 22.7 Å². The maximum Gasteiger partial charge on any atom is 0.205 e. The van der Waals surface area contributed by atoms with Crippen LogP contribution in [0.1, 0.15) is 18.2 Å². The third-order valence-corrected chi connectivity index (χ3v) is 5.93. The zero-order chi connectivity index (χ0) is 23.1. The summed E-state index contributed by atoms with van der Waals surface area (Å²) >= 11 is 0. The lowest BCUT2D eigenvalue weighted by molar-refractivity contribution is 0.631. The summed E-state index contributed by atoms with van der Waals surface area (Å²) < 4.78 is 8.07. The number of furan rings is 1. The van der Waals surface area contributed by atoms with Gasteiger partial charge >= 0.3 is 0 Å². The summed E-state index contributed by atoms with van der Waals surface area (Å²) in [4.78, 5) is 6.84. The van der Waals surface area contributed by atoms with Crippen LogP contribution in [0.25, 0.3) is 39.3 Å². The lowest BCUT2D eigenvalue weighted by Gasteiger charge is -2.20. The Kier molecular flexibility index (Phi) is 4.80. The van der Waals surface area contributed by atoms with Crippen LogP contribution in [0.2, 0.25) is 0 Å². The van der Waals surface area contributed by atoms with Gasteiger partial charge in [-0.1, -0.05) is 37.3 Å². The molecule has 6 rings (SSSR count). The number of aromatic nitrogens is 7. The van der Waals surface area contributed by atoms with E-state index >= 15 is 0 Å². The molecule has 0 radical (unpaired) electrons. The minimum Gasteiger partial charge on any atom is -0.456 e. The summed E-state index contributed by atoms with van der Waals surface area (Å²) in [5.41, 5.74) is 5.69. The van der Waals surface area contributed by atoms with Gasteiger partial charge in [0.25, 0.3) is 0 Å². The molecule has 0 unspecified atom stereocenters. The number of nitrogens with zero attached hydrogens (tertiary/aromatic N) is 7. The molecule has 0 spiro atoms. The molecule has 0 saturated heterocycles. The predicted molar refractivity (Wildman–Crippen MR) is 129 cm³/mol. The number of hydrogen-bond acceptors (Lipinski definition) is 7. The van der Waals surface area contributed by atoms with E-state index < -0.39 is 0 Å². The molecule has 0 fully saturated rings. The van der Waals surface area contributed by atoms with Gasteiger partial charge in [-0.05, 0) is 35.4 Å². The second kappa shape index (κ2) is 8.11. The smallest absolute Gasteiger partial charge is 0.205 e. The fourth-order valence-corrected chi connectivity index (χ4v) is 4.25. The van der Waals surface area contributed by atoms with Crippen molar-refractivity contribution >= 4 is 22.4 Å². The summed E-state index contributed by atoms with van der Waals surface area (Å²) in [6.45, 7) is 2.83. The summed E-state index contributed by atoms with van der Waals surface area (Å²) in [6, 6.07) is 20.3. The maximum atomic E-state index is 6.19. The van der Waals surface area contributed by atoms with E-state index in [9.17, 15) is 0 Å². The van der Waals surface area contributed by atoms with E-state index in [1.54, 1.807) is 6.20 Å². The fourth-order valence-electron chi connectivity index (χ4n) is 4.25. The van der Waals surface area contributed by atoms with E-state index in [4.69, 9.17) is 4.42 Å². The number of nitrogens with one attached hydrogen (secondary N) is 1. The number of rotatable bonds is 6. The molecule has 1 N–H and O–H groups in total. The zero-order valence-corrected chi connectivity index (χ0v) is 18.8. The monoisotopic (exact) mass is 450 g/mol. The SMILES string of the molecule is CCc1cc(N(C)Cc2ccc3oc(-c4ccccc4-c4nn[nH]n4)cc3c2)n2nccc2n1. The van der Waals surface area contributed by atoms with E-state index in [1.807, 2.05) is 40.9 Å². The Balaban J connectivity index is 1.33. The van der Waals surface area contributed by atoms with Crippen LogP contribution in [0.5, 0.6) is 0 Å². The average molecular weight is 451 g/mol. The number of aryl methyl sites for hydroxylation is 1. The first kappa shape index (κ1) is 20.1. The molecule has 0 atom stereocenters. The summed E-state index contributed by atoms with van der Waals surface area (Å²) in [5.74, 6) is 2.31. The van der Waals surface area contributed by atoms with Gasteiger partial charge in [0.05, 0.1) is 6.20 Å². The predicted octanol–water partition coefficient (Wildman–Crippen LogP) is 4.52. The molecule has 0 aliphatic heterocycles. The van der Waals surface area contributed by atoms with Crippen LogP contribution in [0.3, 0.4) is 0 Å². The Bertz CT molecular complexity index is 1600. The largest absolute Gasteiger partial charge is 0.456 e. The fraction of sp³-hybridized carbons (Fsp3) is 0.160. The topological polar surface area (TPSA) is 101 Å². The van der Waals surface area contributed by atoms with Crippen molar-refractivity contribution < 1.29 is 4.42 Å². The molecule has 4 aromatic heterocycles. The molecular weight excluding hydrogens is 428 g/mol. The summed E-state index contributed by atoms with van der Waals surface area (Å²) in [7, 11) is 2.07. The number of benzene rings is 2. The molecular formula is C25H22N8O.